The standard InChI is InChI=1S/C18H19N3O4S/c1-11-16(12(2)25-21-11)9-26-10-17(22)24-13(3)18(23)20-15-6-4-14(8-19)5-7-15/h4-7,13H,9-10H2,1-3H3,(H,20,23)/t13-/m0/s1. The van der Waals surface area contributed by atoms with Gasteiger partial charge in [0.05, 0.1) is 23.1 Å². The molecule has 8 heteroatoms. The number of ether oxygens (including phenoxy) is 1. The van der Waals surface area contributed by atoms with Crippen LogP contribution < -0.4 is 5.32 Å². The van der Waals surface area contributed by atoms with Crippen LogP contribution in [0.5, 0.6) is 0 Å². The van der Waals surface area contributed by atoms with Crippen molar-refractivity contribution < 1.29 is 18.8 Å². The summed E-state index contributed by atoms with van der Waals surface area (Å²) in [6.45, 7) is 5.18. The molecule has 26 heavy (non-hydrogen) atoms. The first kappa shape index (κ1) is 19.5. The van der Waals surface area contributed by atoms with Crippen LogP contribution in [0.3, 0.4) is 0 Å². The van der Waals surface area contributed by atoms with E-state index < -0.39 is 18.0 Å². The highest BCUT2D eigenvalue weighted by atomic mass is 32.2. The van der Waals surface area contributed by atoms with Crippen molar-refractivity contribution in [2.75, 3.05) is 11.1 Å². The van der Waals surface area contributed by atoms with Crippen LogP contribution in [0.4, 0.5) is 5.69 Å². The number of aryl methyl sites for hydroxylation is 2. The van der Waals surface area contributed by atoms with Crippen molar-refractivity contribution >= 4 is 29.3 Å². The van der Waals surface area contributed by atoms with Gasteiger partial charge < -0.3 is 14.6 Å². The predicted molar refractivity (Wildman–Crippen MR) is 97.5 cm³/mol. The van der Waals surface area contributed by atoms with E-state index in [2.05, 4.69) is 10.5 Å². The molecule has 1 heterocycles. The number of thioether (sulfide) groups is 1. The second-order valence-electron chi connectivity index (χ2n) is 5.61. The number of carbonyl (C=O) groups is 2. The Bertz CT molecular complexity index is 804. The Balaban J connectivity index is 1.76. The summed E-state index contributed by atoms with van der Waals surface area (Å²) >= 11 is 1.37. The van der Waals surface area contributed by atoms with Crippen molar-refractivity contribution in [1.29, 1.82) is 5.26 Å². The summed E-state index contributed by atoms with van der Waals surface area (Å²) in [6, 6.07) is 8.42. The number of amides is 1. The van der Waals surface area contributed by atoms with Gasteiger partial charge in [-0.3, -0.25) is 9.59 Å². The molecule has 2 aromatic rings. The summed E-state index contributed by atoms with van der Waals surface area (Å²) in [5.74, 6) is 0.544. The van der Waals surface area contributed by atoms with Crippen LogP contribution in [0.15, 0.2) is 28.8 Å². The maximum absolute atomic E-state index is 12.1. The molecule has 1 aromatic carbocycles. The molecule has 2 rings (SSSR count). The second-order valence-corrected chi connectivity index (χ2v) is 6.59. The van der Waals surface area contributed by atoms with Gasteiger partial charge in [-0.1, -0.05) is 5.16 Å². The summed E-state index contributed by atoms with van der Waals surface area (Å²) in [4.78, 5) is 24.0. The third-order valence-electron chi connectivity index (χ3n) is 3.61. The molecule has 7 nitrogen and oxygen atoms in total. The maximum atomic E-state index is 12.1. The van der Waals surface area contributed by atoms with E-state index in [4.69, 9.17) is 14.5 Å². The first-order chi connectivity index (χ1) is 12.4. The number of carbonyl (C=O) groups excluding carboxylic acids is 2. The molecule has 0 saturated carbocycles. The van der Waals surface area contributed by atoms with Crippen LogP contribution in [-0.4, -0.2) is 28.9 Å². The fourth-order valence-electron chi connectivity index (χ4n) is 2.10. The number of nitrogens with one attached hydrogen (secondary N) is 1. The molecule has 1 aromatic heterocycles. The van der Waals surface area contributed by atoms with Crippen LogP contribution in [0.25, 0.3) is 0 Å². The second kappa shape index (κ2) is 9.06. The smallest absolute Gasteiger partial charge is 0.316 e. The Labute approximate surface area is 155 Å². The van der Waals surface area contributed by atoms with Gasteiger partial charge in [-0.15, -0.1) is 11.8 Å². The molecule has 0 radical (unpaired) electrons. The molecule has 0 aliphatic heterocycles. The molecule has 1 amide bonds. The molecule has 0 spiro atoms. The highest BCUT2D eigenvalue weighted by Crippen LogP contribution is 2.19. The number of nitrogens with zero attached hydrogens (tertiary/aromatic N) is 2. The summed E-state index contributed by atoms with van der Waals surface area (Å²) < 4.78 is 10.2. The van der Waals surface area contributed by atoms with E-state index in [1.54, 1.807) is 24.3 Å². The Morgan fingerprint density at radius 1 is 1.35 bits per heavy atom. The van der Waals surface area contributed by atoms with Gasteiger partial charge in [0.25, 0.3) is 5.91 Å². The van der Waals surface area contributed by atoms with Gasteiger partial charge in [0, 0.05) is 17.0 Å². The van der Waals surface area contributed by atoms with Gasteiger partial charge in [-0.25, -0.2) is 0 Å². The average Bonchev–Trinajstić information content (AvgIpc) is 2.94. The van der Waals surface area contributed by atoms with Crippen molar-refractivity contribution in [3.8, 4) is 6.07 Å². The zero-order chi connectivity index (χ0) is 19.1. The highest BCUT2D eigenvalue weighted by Gasteiger charge is 2.18. The first-order valence-corrected chi connectivity index (χ1v) is 9.06. The number of rotatable bonds is 7. The van der Waals surface area contributed by atoms with Gasteiger partial charge in [0.2, 0.25) is 0 Å². The van der Waals surface area contributed by atoms with Crippen molar-refractivity contribution in [2.45, 2.75) is 32.6 Å². The first-order valence-electron chi connectivity index (χ1n) is 7.90. The normalized spacial score (nSPS) is 11.5. The third kappa shape index (κ3) is 5.36. The van der Waals surface area contributed by atoms with Gasteiger partial charge in [0.1, 0.15) is 5.76 Å². The lowest BCUT2D eigenvalue weighted by atomic mass is 10.2. The summed E-state index contributed by atoms with van der Waals surface area (Å²) in [7, 11) is 0. The van der Waals surface area contributed by atoms with E-state index in [1.165, 1.54) is 18.7 Å². The lowest BCUT2D eigenvalue weighted by Crippen LogP contribution is -2.30. The van der Waals surface area contributed by atoms with Crippen LogP contribution in [0, 0.1) is 25.2 Å². The summed E-state index contributed by atoms with van der Waals surface area (Å²) in [5.41, 5.74) is 2.80. The Morgan fingerprint density at radius 3 is 2.62 bits per heavy atom. The molecular formula is C18H19N3O4S. The Morgan fingerprint density at radius 2 is 2.04 bits per heavy atom. The molecule has 0 fully saturated rings. The van der Waals surface area contributed by atoms with Crippen molar-refractivity contribution in [3.05, 3.63) is 46.8 Å². The fourth-order valence-corrected chi connectivity index (χ4v) is 3.05. The number of esters is 1. The van der Waals surface area contributed by atoms with Gasteiger partial charge in [0.15, 0.2) is 6.10 Å². The SMILES string of the molecule is Cc1noc(C)c1CSCC(=O)O[C@@H](C)C(=O)Nc1ccc(C#N)cc1. The quantitative estimate of drug-likeness (QED) is 0.744. The number of nitriles is 1. The van der Waals surface area contributed by atoms with E-state index in [1.807, 2.05) is 19.9 Å². The summed E-state index contributed by atoms with van der Waals surface area (Å²) in [6.07, 6.45) is -0.919. The van der Waals surface area contributed by atoms with Gasteiger partial charge in [-0.05, 0) is 45.0 Å². The van der Waals surface area contributed by atoms with E-state index in [0.717, 1.165) is 17.0 Å². The molecule has 0 aliphatic carbocycles. The Hall–Kier alpha value is -2.79. The number of hydrogen-bond acceptors (Lipinski definition) is 7. The van der Waals surface area contributed by atoms with Crippen molar-refractivity contribution in [2.24, 2.45) is 0 Å². The topological polar surface area (TPSA) is 105 Å². The highest BCUT2D eigenvalue weighted by molar-refractivity contribution is 7.99. The number of aromatic nitrogens is 1. The molecule has 1 N–H and O–H groups in total. The summed E-state index contributed by atoms with van der Waals surface area (Å²) in [5, 5.41) is 15.3. The van der Waals surface area contributed by atoms with Gasteiger partial charge >= 0.3 is 5.97 Å². The zero-order valence-electron chi connectivity index (χ0n) is 14.7. The minimum atomic E-state index is -0.919. The lowest BCUT2D eigenvalue weighted by Gasteiger charge is -2.13. The fraction of sp³-hybridized carbons (Fsp3) is 0.333. The monoisotopic (exact) mass is 373 g/mol. The van der Waals surface area contributed by atoms with Crippen LogP contribution in [0.2, 0.25) is 0 Å². The molecule has 136 valence electrons. The lowest BCUT2D eigenvalue weighted by molar-refractivity contribution is -0.150. The van der Waals surface area contributed by atoms with Crippen LogP contribution >= 0.6 is 11.8 Å². The molecule has 0 saturated heterocycles. The molecular weight excluding hydrogens is 354 g/mol. The van der Waals surface area contributed by atoms with Gasteiger partial charge in [-0.2, -0.15) is 5.26 Å². The molecule has 1 atom stereocenters. The number of anilines is 1. The van der Waals surface area contributed by atoms with E-state index in [9.17, 15) is 9.59 Å². The average molecular weight is 373 g/mol. The number of benzene rings is 1. The Kier molecular flexibility index (Phi) is 6.81. The largest absolute Gasteiger partial charge is 0.452 e. The van der Waals surface area contributed by atoms with E-state index in [-0.39, 0.29) is 5.75 Å². The maximum Gasteiger partial charge on any atom is 0.316 e. The van der Waals surface area contributed by atoms with Crippen molar-refractivity contribution in [1.82, 2.24) is 5.16 Å². The molecule has 0 unspecified atom stereocenters. The number of hydrogen-bond donors (Lipinski definition) is 1. The predicted octanol–water partition coefficient (Wildman–Crippen LogP) is 2.97. The van der Waals surface area contributed by atoms with Crippen molar-refractivity contribution in [3.63, 3.8) is 0 Å². The van der Waals surface area contributed by atoms with E-state index >= 15 is 0 Å². The van der Waals surface area contributed by atoms with Crippen LogP contribution in [0.1, 0.15) is 29.5 Å². The minimum Gasteiger partial charge on any atom is -0.452 e. The van der Waals surface area contributed by atoms with Crippen LogP contribution in [-0.2, 0) is 20.1 Å². The molecule has 0 bridgehead atoms. The van der Waals surface area contributed by atoms with E-state index in [0.29, 0.717) is 17.0 Å². The minimum absolute atomic E-state index is 0.124. The molecule has 0 aliphatic rings. The zero-order valence-corrected chi connectivity index (χ0v) is 15.6. The third-order valence-corrected chi connectivity index (χ3v) is 4.54.